The van der Waals surface area contributed by atoms with E-state index in [1.165, 1.54) is 18.9 Å². The summed E-state index contributed by atoms with van der Waals surface area (Å²) in [6.07, 6.45) is 3.58. The number of carbonyl (C=O) groups is 2. The molecule has 2 aliphatic rings. The standard InChI is InChI=1S/C29H35N3O7S2/c1-28(2)22-12-13-29(28,25(33)16-22)18-41(37,38)31-24(27(34)39-3)14-19-8-10-20(11-9-19)21-6-5-7-23(15-21)30-26(40-4)17-32(35)36/h5-11,15,22,24,31H,12-14,16-18H2,1-4H3/t22-,24-,29?/m0/s1. The second kappa shape index (κ2) is 12.0. The largest absolute Gasteiger partial charge is 0.468 e. The number of methoxy groups -OCH3 is 1. The number of sulfonamides is 1. The SMILES string of the molecule is COC(=O)[C@H](Cc1ccc(-c2cccc(N=C(C[N+](=O)[O-])SC)c2)cc1)NS(=O)(=O)CC12CC[C@@H](CC1=O)C2(C)C. The zero-order valence-electron chi connectivity index (χ0n) is 23.6. The lowest BCUT2D eigenvalue weighted by molar-refractivity contribution is -0.462. The molecule has 220 valence electrons. The van der Waals surface area contributed by atoms with Gasteiger partial charge in [-0.15, -0.1) is 11.8 Å². The van der Waals surface area contributed by atoms with E-state index >= 15 is 0 Å². The van der Waals surface area contributed by atoms with Crippen LogP contribution >= 0.6 is 11.8 Å². The molecular weight excluding hydrogens is 566 g/mol. The Bertz CT molecular complexity index is 1470. The van der Waals surface area contributed by atoms with E-state index in [2.05, 4.69) is 9.71 Å². The average Bonchev–Trinajstić information content (AvgIpc) is 3.26. The quantitative estimate of drug-likeness (QED) is 0.131. The fraction of sp³-hybridized carbons (Fsp3) is 0.483. The molecule has 0 radical (unpaired) electrons. The van der Waals surface area contributed by atoms with Crippen LogP contribution in [-0.2, 0) is 30.8 Å². The molecule has 3 atom stereocenters. The van der Waals surface area contributed by atoms with E-state index in [9.17, 15) is 28.1 Å². The number of hydrogen-bond donors (Lipinski definition) is 1. The van der Waals surface area contributed by atoms with E-state index in [-0.39, 0.29) is 30.4 Å². The minimum absolute atomic E-state index is 0.00783. The van der Waals surface area contributed by atoms with Gasteiger partial charge in [-0.1, -0.05) is 50.2 Å². The number of rotatable bonds is 11. The molecule has 10 nitrogen and oxygen atoms in total. The van der Waals surface area contributed by atoms with Gasteiger partial charge in [-0.2, -0.15) is 0 Å². The predicted molar refractivity (Wildman–Crippen MR) is 159 cm³/mol. The fourth-order valence-electron chi connectivity index (χ4n) is 6.23. The van der Waals surface area contributed by atoms with E-state index in [0.29, 0.717) is 29.1 Å². The number of nitrogens with one attached hydrogen (secondary N) is 1. The third kappa shape index (κ3) is 6.54. The lowest BCUT2D eigenvalue weighted by Gasteiger charge is -2.36. The molecule has 0 saturated heterocycles. The number of fused-ring (bicyclic) bond motifs is 2. The number of nitro groups is 1. The van der Waals surface area contributed by atoms with Gasteiger partial charge in [0.15, 0.2) is 0 Å². The molecule has 2 aliphatic carbocycles. The zero-order valence-corrected chi connectivity index (χ0v) is 25.2. The summed E-state index contributed by atoms with van der Waals surface area (Å²) < 4.78 is 34.1. The van der Waals surface area contributed by atoms with Crippen molar-refractivity contribution in [2.45, 2.75) is 45.6 Å². The molecule has 1 N–H and O–H groups in total. The maximum Gasteiger partial charge on any atom is 0.324 e. The number of Topliss-reactive ketones (excluding diaryl/α,β-unsaturated/α-hetero) is 1. The van der Waals surface area contributed by atoms with Crippen LogP contribution in [0.1, 0.15) is 38.7 Å². The molecule has 1 unspecified atom stereocenters. The minimum atomic E-state index is -3.99. The molecule has 2 aromatic carbocycles. The summed E-state index contributed by atoms with van der Waals surface area (Å²) in [5.74, 6) is -0.873. The Hall–Kier alpha value is -3.09. The van der Waals surface area contributed by atoms with E-state index in [4.69, 9.17) is 4.74 Å². The van der Waals surface area contributed by atoms with Crippen molar-refractivity contribution in [3.63, 3.8) is 0 Å². The van der Waals surface area contributed by atoms with E-state index in [1.807, 2.05) is 44.2 Å². The predicted octanol–water partition coefficient (Wildman–Crippen LogP) is 4.42. The van der Waals surface area contributed by atoms with Crippen LogP contribution in [0.4, 0.5) is 5.69 Å². The summed E-state index contributed by atoms with van der Waals surface area (Å²) in [6, 6.07) is 13.5. The Labute approximate surface area is 244 Å². The topological polar surface area (TPSA) is 145 Å². The van der Waals surface area contributed by atoms with Crippen molar-refractivity contribution in [1.82, 2.24) is 4.72 Å². The molecule has 0 aromatic heterocycles. The number of aliphatic imine (C=N–C) groups is 1. The Morgan fingerprint density at radius 2 is 1.93 bits per heavy atom. The van der Waals surface area contributed by atoms with Gasteiger partial charge < -0.3 is 4.74 Å². The second-order valence-electron chi connectivity index (χ2n) is 11.3. The van der Waals surface area contributed by atoms with Gasteiger partial charge in [0, 0.05) is 16.8 Å². The highest BCUT2D eigenvalue weighted by molar-refractivity contribution is 8.13. The van der Waals surface area contributed by atoms with Crippen molar-refractivity contribution in [1.29, 1.82) is 0 Å². The van der Waals surface area contributed by atoms with Crippen LogP contribution in [-0.4, -0.2) is 61.8 Å². The second-order valence-corrected chi connectivity index (χ2v) is 13.9. The Morgan fingerprint density at radius 3 is 2.49 bits per heavy atom. The first-order chi connectivity index (χ1) is 19.3. The summed E-state index contributed by atoms with van der Waals surface area (Å²) in [6.45, 7) is 3.60. The Balaban J connectivity index is 1.49. The van der Waals surface area contributed by atoms with Gasteiger partial charge in [0.2, 0.25) is 10.0 Å². The molecule has 0 heterocycles. The summed E-state index contributed by atoms with van der Waals surface area (Å²) in [5, 5.41) is 11.3. The molecule has 4 rings (SSSR count). The van der Waals surface area contributed by atoms with Crippen LogP contribution in [0.2, 0.25) is 0 Å². The van der Waals surface area contributed by atoms with Gasteiger partial charge in [0.05, 0.1) is 18.6 Å². The molecule has 0 aliphatic heterocycles. The number of carbonyl (C=O) groups excluding carboxylic acids is 2. The maximum atomic E-state index is 13.3. The summed E-state index contributed by atoms with van der Waals surface area (Å²) >= 11 is 1.23. The van der Waals surface area contributed by atoms with Crippen molar-refractivity contribution in [2.75, 3.05) is 25.7 Å². The van der Waals surface area contributed by atoms with Crippen LogP contribution in [0.5, 0.6) is 0 Å². The van der Waals surface area contributed by atoms with Gasteiger partial charge in [-0.3, -0.25) is 19.7 Å². The molecule has 2 fully saturated rings. The molecule has 2 aromatic rings. The van der Waals surface area contributed by atoms with Crippen molar-refractivity contribution < 1.29 is 27.7 Å². The first-order valence-electron chi connectivity index (χ1n) is 13.3. The van der Waals surface area contributed by atoms with Gasteiger partial charge >= 0.3 is 5.97 Å². The molecule has 0 spiro atoms. The first-order valence-corrected chi connectivity index (χ1v) is 16.2. The van der Waals surface area contributed by atoms with E-state index in [0.717, 1.165) is 17.5 Å². The number of nitrogens with zero attached hydrogens (tertiary/aromatic N) is 2. The number of benzene rings is 2. The highest BCUT2D eigenvalue weighted by Gasteiger charge is 2.65. The first kappa shape index (κ1) is 30.9. The summed E-state index contributed by atoms with van der Waals surface area (Å²) in [5.41, 5.74) is 1.66. The van der Waals surface area contributed by atoms with Crippen LogP contribution in [0.25, 0.3) is 11.1 Å². The minimum Gasteiger partial charge on any atom is -0.468 e. The Morgan fingerprint density at radius 1 is 1.22 bits per heavy atom. The van der Waals surface area contributed by atoms with Crippen molar-refractivity contribution >= 4 is 44.3 Å². The monoisotopic (exact) mass is 601 g/mol. The maximum absolute atomic E-state index is 13.3. The normalized spacial score (nSPS) is 22.5. The average molecular weight is 602 g/mol. The summed E-state index contributed by atoms with van der Waals surface area (Å²) in [7, 11) is -2.78. The van der Waals surface area contributed by atoms with Gasteiger partial charge in [0.25, 0.3) is 6.54 Å². The zero-order chi connectivity index (χ0) is 30.0. The van der Waals surface area contributed by atoms with Crippen molar-refractivity contribution in [3.05, 3.63) is 64.2 Å². The fourth-order valence-corrected chi connectivity index (χ4v) is 8.68. The molecule has 12 heteroatoms. The van der Waals surface area contributed by atoms with Gasteiger partial charge in [-0.05, 0) is 65.7 Å². The molecule has 41 heavy (non-hydrogen) atoms. The van der Waals surface area contributed by atoms with Crippen LogP contribution in [0.3, 0.4) is 0 Å². The van der Waals surface area contributed by atoms with E-state index < -0.39 is 37.8 Å². The molecule has 0 amide bonds. The van der Waals surface area contributed by atoms with Crippen LogP contribution in [0, 0.1) is 26.9 Å². The Kier molecular flexibility index (Phi) is 9.05. The highest BCUT2D eigenvalue weighted by Crippen LogP contribution is 2.64. The number of hydrogen-bond acceptors (Lipinski definition) is 9. The highest BCUT2D eigenvalue weighted by atomic mass is 32.2. The number of esters is 1. The van der Waals surface area contributed by atoms with Crippen LogP contribution < -0.4 is 4.72 Å². The number of thioether (sulfide) groups is 1. The van der Waals surface area contributed by atoms with Gasteiger partial charge in [0.1, 0.15) is 16.9 Å². The third-order valence-electron chi connectivity index (χ3n) is 8.71. The number of ketones is 1. The molecule has 2 saturated carbocycles. The lowest BCUT2D eigenvalue weighted by Crippen LogP contribution is -2.50. The van der Waals surface area contributed by atoms with Crippen molar-refractivity contribution in [3.8, 4) is 11.1 Å². The number of ether oxygens (including phenoxy) is 1. The smallest absolute Gasteiger partial charge is 0.324 e. The van der Waals surface area contributed by atoms with Gasteiger partial charge in [-0.25, -0.2) is 18.1 Å². The van der Waals surface area contributed by atoms with Crippen LogP contribution in [0.15, 0.2) is 53.5 Å². The molecular formula is C29H35N3O7S2. The van der Waals surface area contributed by atoms with Crippen molar-refractivity contribution in [2.24, 2.45) is 21.7 Å². The lowest BCUT2D eigenvalue weighted by atomic mass is 9.70. The summed E-state index contributed by atoms with van der Waals surface area (Å²) in [4.78, 5) is 40.3. The van der Waals surface area contributed by atoms with E-state index in [1.54, 1.807) is 24.5 Å². The third-order valence-corrected chi connectivity index (χ3v) is 10.9. The molecule has 2 bridgehead atoms.